The van der Waals surface area contributed by atoms with Crippen LogP contribution < -0.4 is 0 Å². The van der Waals surface area contributed by atoms with Crippen molar-refractivity contribution in [3.05, 3.63) is 17.9 Å². The van der Waals surface area contributed by atoms with Crippen molar-refractivity contribution in [3.8, 4) is 0 Å². The molecular weight excluding hydrogens is 310 g/mol. The second-order valence-corrected chi connectivity index (χ2v) is 8.38. The predicted octanol–water partition coefficient (Wildman–Crippen LogP) is 2.48. The molecule has 0 spiro atoms. The summed E-state index contributed by atoms with van der Waals surface area (Å²) >= 11 is 1.73. The van der Waals surface area contributed by atoms with Crippen LogP contribution in [0.3, 0.4) is 0 Å². The van der Waals surface area contributed by atoms with Crippen molar-refractivity contribution in [2.45, 2.75) is 42.6 Å². The van der Waals surface area contributed by atoms with E-state index in [-0.39, 0.29) is 5.09 Å². The summed E-state index contributed by atoms with van der Waals surface area (Å²) in [5, 5.41) is 0.0807. The van der Waals surface area contributed by atoms with E-state index < -0.39 is 10.0 Å². The topological polar surface area (TPSA) is 59.8 Å². The van der Waals surface area contributed by atoms with E-state index >= 15 is 0 Å². The molecule has 1 aromatic rings. The summed E-state index contributed by atoms with van der Waals surface area (Å²) in [6.45, 7) is 2.07. The molecule has 0 amide bonds. The van der Waals surface area contributed by atoms with Crippen LogP contribution in [0.5, 0.6) is 0 Å². The molecule has 2 aliphatic heterocycles. The molecule has 5 nitrogen and oxygen atoms in total. The third-order valence-electron chi connectivity index (χ3n) is 3.87. The number of ether oxygens (including phenoxy) is 1. The lowest BCUT2D eigenvalue weighted by atomic mass is 10.3. The first-order valence-corrected chi connectivity index (χ1v) is 10.0. The summed E-state index contributed by atoms with van der Waals surface area (Å²) in [5.74, 6) is 2.35. The largest absolute Gasteiger partial charge is 0.447 e. The van der Waals surface area contributed by atoms with Gasteiger partial charge < -0.3 is 9.15 Å². The number of rotatable bonds is 6. The number of sulfonamides is 1. The fraction of sp³-hybridized carbons (Fsp3) is 0.714. The minimum atomic E-state index is -3.43. The molecule has 0 aromatic carbocycles. The third-order valence-corrected chi connectivity index (χ3v) is 6.74. The van der Waals surface area contributed by atoms with E-state index in [0.717, 1.165) is 43.8 Å². The maximum atomic E-state index is 12.3. The Morgan fingerprint density at radius 3 is 2.76 bits per heavy atom. The number of furan rings is 1. The van der Waals surface area contributed by atoms with Crippen LogP contribution >= 0.6 is 11.8 Å². The lowest BCUT2D eigenvalue weighted by Crippen LogP contribution is -2.27. The van der Waals surface area contributed by atoms with Gasteiger partial charge in [-0.1, -0.05) is 0 Å². The Hall–Kier alpha value is -0.500. The molecule has 2 aliphatic rings. The molecule has 3 rings (SSSR count). The van der Waals surface area contributed by atoms with Crippen molar-refractivity contribution >= 4 is 21.8 Å². The molecule has 0 radical (unpaired) electrons. The summed E-state index contributed by atoms with van der Waals surface area (Å²) < 4.78 is 37.3. The van der Waals surface area contributed by atoms with Crippen LogP contribution in [-0.4, -0.2) is 44.3 Å². The van der Waals surface area contributed by atoms with E-state index in [1.165, 1.54) is 4.31 Å². The van der Waals surface area contributed by atoms with Gasteiger partial charge in [0.15, 0.2) is 0 Å². The van der Waals surface area contributed by atoms with Crippen LogP contribution in [-0.2, 0) is 20.5 Å². The molecule has 2 fully saturated rings. The highest BCUT2D eigenvalue weighted by Crippen LogP contribution is 2.25. The first-order chi connectivity index (χ1) is 10.2. The second-order valence-electron chi connectivity index (χ2n) is 5.48. The molecule has 3 heterocycles. The van der Waals surface area contributed by atoms with Crippen LogP contribution in [0.4, 0.5) is 0 Å². The van der Waals surface area contributed by atoms with Crippen molar-refractivity contribution < 1.29 is 17.6 Å². The first-order valence-electron chi connectivity index (χ1n) is 7.44. The van der Waals surface area contributed by atoms with Crippen molar-refractivity contribution in [3.63, 3.8) is 0 Å². The molecule has 0 bridgehead atoms. The molecule has 1 aromatic heterocycles. The molecule has 1 atom stereocenters. The average Bonchev–Trinajstić information content (AvgIpc) is 3.22. The van der Waals surface area contributed by atoms with E-state index in [1.807, 2.05) is 0 Å². The summed E-state index contributed by atoms with van der Waals surface area (Å²) in [4.78, 5) is 0. The normalized spacial score (nSPS) is 23.9. The fourth-order valence-corrected chi connectivity index (χ4v) is 5.14. The molecule has 0 saturated carbocycles. The van der Waals surface area contributed by atoms with E-state index in [2.05, 4.69) is 0 Å². The van der Waals surface area contributed by atoms with Crippen LogP contribution in [0.2, 0.25) is 0 Å². The van der Waals surface area contributed by atoms with Crippen molar-refractivity contribution in [1.82, 2.24) is 4.31 Å². The minimum absolute atomic E-state index is 0.0807. The van der Waals surface area contributed by atoms with Gasteiger partial charge in [-0.25, -0.2) is 8.42 Å². The lowest BCUT2D eigenvalue weighted by Gasteiger charge is -2.12. The highest BCUT2D eigenvalue weighted by Gasteiger charge is 2.29. The van der Waals surface area contributed by atoms with E-state index in [0.29, 0.717) is 24.9 Å². The van der Waals surface area contributed by atoms with Gasteiger partial charge in [-0.15, -0.1) is 0 Å². The summed E-state index contributed by atoms with van der Waals surface area (Å²) in [6, 6.07) is 3.35. The Morgan fingerprint density at radius 1 is 1.24 bits per heavy atom. The van der Waals surface area contributed by atoms with Crippen molar-refractivity contribution in [2.24, 2.45) is 0 Å². The molecule has 0 N–H and O–H groups in total. The van der Waals surface area contributed by atoms with Gasteiger partial charge in [-0.05, 0) is 37.8 Å². The van der Waals surface area contributed by atoms with E-state index in [9.17, 15) is 8.42 Å². The number of hydrogen-bond donors (Lipinski definition) is 0. The Labute approximate surface area is 130 Å². The molecule has 2 saturated heterocycles. The number of nitrogens with zero attached hydrogens (tertiary/aromatic N) is 1. The summed E-state index contributed by atoms with van der Waals surface area (Å²) in [5.41, 5.74) is 0. The van der Waals surface area contributed by atoms with Crippen LogP contribution in [0.25, 0.3) is 0 Å². The van der Waals surface area contributed by atoms with Gasteiger partial charge in [0.25, 0.3) is 10.0 Å². The molecule has 7 heteroatoms. The summed E-state index contributed by atoms with van der Waals surface area (Å²) in [6.07, 6.45) is 4.48. The van der Waals surface area contributed by atoms with Gasteiger partial charge in [0.2, 0.25) is 5.09 Å². The van der Waals surface area contributed by atoms with Gasteiger partial charge in [0.1, 0.15) is 5.76 Å². The highest BCUT2D eigenvalue weighted by molar-refractivity contribution is 7.98. The second kappa shape index (κ2) is 6.73. The first kappa shape index (κ1) is 15.4. The van der Waals surface area contributed by atoms with Gasteiger partial charge in [0, 0.05) is 25.4 Å². The van der Waals surface area contributed by atoms with E-state index in [1.54, 1.807) is 23.9 Å². The van der Waals surface area contributed by atoms with Gasteiger partial charge in [-0.2, -0.15) is 16.1 Å². The number of hydrogen-bond acceptors (Lipinski definition) is 5. The smallest absolute Gasteiger partial charge is 0.276 e. The molecule has 21 heavy (non-hydrogen) atoms. The maximum absolute atomic E-state index is 12.3. The maximum Gasteiger partial charge on any atom is 0.276 e. The van der Waals surface area contributed by atoms with E-state index in [4.69, 9.17) is 9.15 Å². The standard InChI is InChI=1S/C14H21NO4S2/c16-21(17,15-7-1-2-8-15)14-6-5-13(19-14)11-20-10-12-4-3-9-18-12/h5-6,12H,1-4,7-11H2. The zero-order valence-corrected chi connectivity index (χ0v) is 13.6. The Balaban J connectivity index is 1.55. The van der Waals surface area contributed by atoms with Crippen molar-refractivity contribution in [1.29, 1.82) is 0 Å². The zero-order chi connectivity index (χ0) is 14.7. The van der Waals surface area contributed by atoms with Crippen LogP contribution in [0.15, 0.2) is 21.6 Å². The Morgan fingerprint density at radius 2 is 2.05 bits per heavy atom. The average molecular weight is 331 g/mol. The predicted molar refractivity (Wildman–Crippen MR) is 81.8 cm³/mol. The fourth-order valence-electron chi connectivity index (χ4n) is 2.70. The van der Waals surface area contributed by atoms with Crippen LogP contribution in [0.1, 0.15) is 31.4 Å². The van der Waals surface area contributed by atoms with Crippen molar-refractivity contribution in [2.75, 3.05) is 25.4 Å². The molecular formula is C14H21NO4S2. The van der Waals surface area contributed by atoms with Gasteiger partial charge in [0.05, 0.1) is 11.9 Å². The Bertz CT molecular complexity index is 557. The lowest BCUT2D eigenvalue weighted by molar-refractivity contribution is 0.129. The minimum Gasteiger partial charge on any atom is -0.447 e. The Kier molecular flexibility index (Phi) is 4.93. The zero-order valence-electron chi connectivity index (χ0n) is 12.0. The van der Waals surface area contributed by atoms with Gasteiger partial charge >= 0.3 is 0 Å². The van der Waals surface area contributed by atoms with Gasteiger partial charge in [-0.3, -0.25) is 0 Å². The third kappa shape index (κ3) is 3.64. The van der Waals surface area contributed by atoms with Crippen LogP contribution in [0, 0.1) is 0 Å². The quantitative estimate of drug-likeness (QED) is 0.801. The SMILES string of the molecule is O=S(=O)(c1ccc(CSCC2CCCO2)o1)N1CCCC1. The number of thioether (sulfide) groups is 1. The molecule has 118 valence electrons. The summed E-state index contributed by atoms with van der Waals surface area (Å²) in [7, 11) is -3.43. The molecule has 1 unspecified atom stereocenters. The highest BCUT2D eigenvalue weighted by atomic mass is 32.2. The monoisotopic (exact) mass is 331 g/mol. The molecule has 0 aliphatic carbocycles.